The molecule has 4 nitrogen and oxygen atoms in total. The van der Waals surface area contributed by atoms with E-state index in [2.05, 4.69) is 4.90 Å². The second-order valence-corrected chi connectivity index (χ2v) is 8.32. The van der Waals surface area contributed by atoms with Crippen molar-refractivity contribution < 1.29 is 9.18 Å². The summed E-state index contributed by atoms with van der Waals surface area (Å²) in [6.45, 7) is 3.87. The summed E-state index contributed by atoms with van der Waals surface area (Å²) in [4.78, 5) is 19.4. The number of likely N-dealkylation sites (N-methyl/N-ethyl adjacent to an activating group) is 1. The summed E-state index contributed by atoms with van der Waals surface area (Å²) in [5.74, 6) is 2.14. The van der Waals surface area contributed by atoms with Crippen molar-refractivity contribution in [1.29, 1.82) is 0 Å². The van der Waals surface area contributed by atoms with E-state index in [0.717, 1.165) is 25.9 Å². The van der Waals surface area contributed by atoms with Crippen LogP contribution >= 0.6 is 11.8 Å². The number of carbonyl (C=O) groups excluding carboxylic acids is 1. The number of halogens is 1. The first-order valence-electron chi connectivity index (χ1n) is 9.09. The Labute approximate surface area is 154 Å². The molecule has 2 heterocycles. The molecule has 0 spiro atoms. The van der Waals surface area contributed by atoms with Crippen molar-refractivity contribution in [3.8, 4) is 0 Å². The van der Waals surface area contributed by atoms with Crippen molar-refractivity contribution in [1.82, 2.24) is 14.7 Å². The van der Waals surface area contributed by atoms with Crippen LogP contribution in [-0.2, 0) is 4.79 Å². The molecule has 3 rings (SSSR count). The number of likely N-dealkylation sites (tertiary alicyclic amines) is 1. The Morgan fingerprint density at radius 3 is 2.40 bits per heavy atom. The van der Waals surface area contributed by atoms with Crippen LogP contribution in [0.4, 0.5) is 4.39 Å². The van der Waals surface area contributed by atoms with Crippen LogP contribution in [0, 0.1) is 5.82 Å². The molecule has 1 aromatic rings. The van der Waals surface area contributed by atoms with Gasteiger partial charge in [0.1, 0.15) is 11.9 Å². The lowest BCUT2D eigenvalue weighted by molar-refractivity contribution is -0.138. The van der Waals surface area contributed by atoms with Gasteiger partial charge >= 0.3 is 0 Å². The highest BCUT2D eigenvalue weighted by atomic mass is 32.2. The van der Waals surface area contributed by atoms with Crippen LogP contribution in [-0.4, -0.2) is 78.4 Å². The van der Waals surface area contributed by atoms with Crippen molar-refractivity contribution in [3.05, 3.63) is 35.6 Å². The van der Waals surface area contributed by atoms with E-state index in [9.17, 15) is 9.18 Å². The summed E-state index contributed by atoms with van der Waals surface area (Å²) >= 11 is 2.03. The smallest absolute Gasteiger partial charge is 0.244 e. The highest BCUT2D eigenvalue weighted by Gasteiger charge is 2.33. The zero-order valence-electron chi connectivity index (χ0n) is 15.2. The molecule has 0 radical (unpaired) electrons. The van der Waals surface area contributed by atoms with Gasteiger partial charge < -0.3 is 4.90 Å². The fraction of sp³-hybridized carbons (Fsp3) is 0.632. The van der Waals surface area contributed by atoms with Crippen LogP contribution in [0.5, 0.6) is 0 Å². The van der Waals surface area contributed by atoms with Crippen LogP contribution in [0.25, 0.3) is 0 Å². The molecule has 1 amide bonds. The molecule has 0 N–H and O–H groups in total. The Balaban J connectivity index is 1.65. The van der Waals surface area contributed by atoms with Crippen molar-refractivity contribution in [3.63, 3.8) is 0 Å². The van der Waals surface area contributed by atoms with Gasteiger partial charge in [-0.15, -0.1) is 0 Å². The Kier molecular flexibility index (Phi) is 6.36. The number of nitrogens with zero attached hydrogens (tertiary/aromatic N) is 3. The van der Waals surface area contributed by atoms with Crippen LogP contribution in [0.3, 0.4) is 0 Å². The maximum Gasteiger partial charge on any atom is 0.244 e. The number of thioether (sulfide) groups is 1. The summed E-state index contributed by atoms with van der Waals surface area (Å²) in [7, 11) is 3.68. The second-order valence-electron chi connectivity index (χ2n) is 7.09. The van der Waals surface area contributed by atoms with E-state index in [1.165, 1.54) is 30.7 Å². The summed E-state index contributed by atoms with van der Waals surface area (Å²) in [6.07, 6.45) is 2.04. The molecule has 0 aliphatic carbocycles. The Morgan fingerprint density at radius 2 is 1.80 bits per heavy atom. The predicted octanol–water partition coefficient (Wildman–Crippen LogP) is 2.47. The van der Waals surface area contributed by atoms with Gasteiger partial charge in [0, 0.05) is 49.3 Å². The van der Waals surface area contributed by atoms with Crippen molar-refractivity contribution in [2.24, 2.45) is 0 Å². The molecule has 138 valence electrons. The van der Waals surface area contributed by atoms with Gasteiger partial charge in [-0.3, -0.25) is 14.6 Å². The lowest BCUT2D eigenvalue weighted by Crippen LogP contribution is -2.51. The third kappa shape index (κ3) is 4.36. The van der Waals surface area contributed by atoms with E-state index in [4.69, 9.17) is 0 Å². The normalized spacial score (nSPS) is 21.5. The molecular formula is C19H28FN3OS. The SMILES string of the molecule is CN(C)[C@@H](C(=O)N1CCC(N2CCSCC2)CC1)c1ccccc1F. The number of hydrogen-bond donors (Lipinski definition) is 0. The number of rotatable bonds is 4. The molecule has 0 saturated carbocycles. The van der Waals surface area contributed by atoms with E-state index in [0.29, 0.717) is 11.6 Å². The fourth-order valence-corrected chi connectivity index (χ4v) is 4.83. The molecule has 6 heteroatoms. The maximum absolute atomic E-state index is 14.2. The molecule has 25 heavy (non-hydrogen) atoms. The largest absolute Gasteiger partial charge is 0.341 e. The minimum atomic E-state index is -0.552. The van der Waals surface area contributed by atoms with Crippen molar-refractivity contribution in [2.75, 3.05) is 51.8 Å². The Hall–Kier alpha value is -1.11. The zero-order chi connectivity index (χ0) is 17.8. The van der Waals surface area contributed by atoms with E-state index in [1.54, 1.807) is 18.2 Å². The summed E-state index contributed by atoms with van der Waals surface area (Å²) in [5.41, 5.74) is 0.465. The van der Waals surface area contributed by atoms with Crippen LogP contribution in [0.1, 0.15) is 24.4 Å². The predicted molar refractivity (Wildman–Crippen MR) is 101 cm³/mol. The third-order valence-electron chi connectivity index (χ3n) is 5.29. The van der Waals surface area contributed by atoms with Crippen LogP contribution in [0.15, 0.2) is 24.3 Å². The first-order valence-corrected chi connectivity index (χ1v) is 10.2. The maximum atomic E-state index is 14.2. The molecule has 0 bridgehead atoms. The van der Waals surface area contributed by atoms with Crippen LogP contribution < -0.4 is 0 Å². The van der Waals surface area contributed by atoms with Gasteiger partial charge in [0.2, 0.25) is 5.91 Å². The zero-order valence-corrected chi connectivity index (χ0v) is 16.0. The monoisotopic (exact) mass is 365 g/mol. The Morgan fingerprint density at radius 1 is 1.16 bits per heavy atom. The average molecular weight is 366 g/mol. The lowest BCUT2D eigenvalue weighted by Gasteiger charge is -2.41. The summed E-state index contributed by atoms with van der Waals surface area (Å²) in [6, 6.07) is 6.65. The van der Waals surface area contributed by atoms with E-state index in [-0.39, 0.29) is 11.7 Å². The van der Waals surface area contributed by atoms with E-state index in [1.807, 2.05) is 35.7 Å². The number of piperidine rings is 1. The van der Waals surface area contributed by atoms with Crippen molar-refractivity contribution in [2.45, 2.75) is 24.9 Å². The molecule has 0 aromatic heterocycles. The quantitative estimate of drug-likeness (QED) is 0.819. The second kappa shape index (κ2) is 8.52. The molecule has 2 aliphatic rings. The van der Waals surface area contributed by atoms with Gasteiger partial charge in [0.15, 0.2) is 0 Å². The molecular weight excluding hydrogens is 337 g/mol. The summed E-state index contributed by atoms with van der Waals surface area (Å²) in [5, 5.41) is 0. The topological polar surface area (TPSA) is 26.8 Å². The van der Waals surface area contributed by atoms with E-state index < -0.39 is 6.04 Å². The van der Waals surface area contributed by atoms with Crippen molar-refractivity contribution >= 4 is 17.7 Å². The van der Waals surface area contributed by atoms with Gasteiger partial charge in [-0.05, 0) is 33.0 Å². The highest BCUT2D eigenvalue weighted by molar-refractivity contribution is 7.99. The van der Waals surface area contributed by atoms with Gasteiger partial charge in [0.25, 0.3) is 0 Å². The average Bonchev–Trinajstić information content (AvgIpc) is 2.64. The highest BCUT2D eigenvalue weighted by Crippen LogP contribution is 2.27. The van der Waals surface area contributed by atoms with Crippen LogP contribution in [0.2, 0.25) is 0 Å². The molecule has 1 aromatic carbocycles. The van der Waals surface area contributed by atoms with Gasteiger partial charge in [-0.1, -0.05) is 18.2 Å². The Bertz CT molecular complexity index is 584. The number of carbonyl (C=O) groups is 1. The molecule has 0 unspecified atom stereocenters. The minimum Gasteiger partial charge on any atom is -0.341 e. The number of amides is 1. The van der Waals surface area contributed by atoms with E-state index >= 15 is 0 Å². The minimum absolute atomic E-state index is 0.0164. The third-order valence-corrected chi connectivity index (χ3v) is 6.23. The van der Waals surface area contributed by atoms with Gasteiger partial charge in [-0.25, -0.2) is 4.39 Å². The first-order chi connectivity index (χ1) is 12.1. The molecule has 1 atom stereocenters. The number of benzene rings is 1. The van der Waals surface area contributed by atoms with Gasteiger partial charge in [-0.2, -0.15) is 11.8 Å². The number of hydrogen-bond acceptors (Lipinski definition) is 4. The summed E-state index contributed by atoms with van der Waals surface area (Å²) < 4.78 is 14.2. The fourth-order valence-electron chi connectivity index (χ4n) is 3.90. The molecule has 2 fully saturated rings. The van der Waals surface area contributed by atoms with Gasteiger partial charge in [0.05, 0.1) is 0 Å². The first kappa shape index (κ1) is 18.7. The molecule has 2 saturated heterocycles. The standard InChI is InChI=1S/C19H28FN3OS/c1-21(2)18(16-5-3-4-6-17(16)20)19(24)23-9-7-15(8-10-23)22-11-13-25-14-12-22/h3-6,15,18H,7-14H2,1-2H3/t18-/m1/s1. The lowest BCUT2D eigenvalue weighted by atomic mass is 9.99. The molecule has 2 aliphatic heterocycles.